The summed E-state index contributed by atoms with van der Waals surface area (Å²) in [6.45, 7) is 2.48. The predicted molar refractivity (Wildman–Crippen MR) is 106 cm³/mol. The monoisotopic (exact) mass is 388 g/mol. The summed E-state index contributed by atoms with van der Waals surface area (Å²) in [6.07, 6.45) is 2.93. The molecule has 0 aliphatic carbocycles. The molecule has 7 heteroatoms. The van der Waals surface area contributed by atoms with E-state index >= 15 is 0 Å². The molecule has 0 radical (unpaired) electrons. The number of methoxy groups -OCH3 is 1. The molecule has 1 heterocycles. The Hall–Kier alpha value is -2.54. The molecule has 0 spiro atoms. The van der Waals surface area contributed by atoms with Crippen molar-refractivity contribution in [2.75, 3.05) is 24.6 Å². The molecule has 2 aromatic rings. The lowest BCUT2D eigenvalue weighted by atomic mass is 10.0. The number of amides is 1. The minimum absolute atomic E-state index is 0.0102. The lowest BCUT2D eigenvalue weighted by Crippen LogP contribution is -2.30. The summed E-state index contributed by atoms with van der Waals surface area (Å²) in [5, 5.41) is 0. The second-order valence-corrected chi connectivity index (χ2v) is 8.58. The maximum absolute atomic E-state index is 13.1. The van der Waals surface area contributed by atoms with Gasteiger partial charge in [-0.2, -0.15) is 0 Å². The van der Waals surface area contributed by atoms with Gasteiger partial charge in [0, 0.05) is 12.1 Å². The van der Waals surface area contributed by atoms with E-state index < -0.39 is 10.0 Å². The number of anilines is 1. The van der Waals surface area contributed by atoms with Crippen LogP contribution in [-0.4, -0.2) is 39.1 Å². The molecular weight excluding hydrogens is 364 g/mol. The Morgan fingerprint density at radius 1 is 1.19 bits per heavy atom. The van der Waals surface area contributed by atoms with Crippen molar-refractivity contribution < 1.29 is 17.9 Å². The van der Waals surface area contributed by atoms with Crippen molar-refractivity contribution in [1.29, 1.82) is 0 Å². The molecule has 0 saturated carbocycles. The van der Waals surface area contributed by atoms with Gasteiger partial charge in [0.15, 0.2) is 0 Å². The number of likely N-dealkylation sites (tertiary alicyclic amines) is 1. The van der Waals surface area contributed by atoms with Gasteiger partial charge in [-0.15, -0.1) is 0 Å². The third kappa shape index (κ3) is 4.42. The summed E-state index contributed by atoms with van der Waals surface area (Å²) in [5.41, 5.74) is 2.75. The molecule has 1 amide bonds. The van der Waals surface area contributed by atoms with Gasteiger partial charge in [0.1, 0.15) is 5.75 Å². The number of benzene rings is 2. The highest BCUT2D eigenvalue weighted by Gasteiger charge is 2.30. The molecule has 27 heavy (non-hydrogen) atoms. The van der Waals surface area contributed by atoms with Crippen LogP contribution in [0.15, 0.2) is 42.5 Å². The number of carbonyl (C=O) groups excluding carboxylic acids is 1. The first-order valence-electron chi connectivity index (χ1n) is 8.82. The van der Waals surface area contributed by atoms with Crippen molar-refractivity contribution in [2.45, 2.75) is 25.8 Å². The topological polar surface area (TPSA) is 75.7 Å². The van der Waals surface area contributed by atoms with Crippen LogP contribution in [0.3, 0.4) is 0 Å². The van der Waals surface area contributed by atoms with Crippen LogP contribution in [0, 0.1) is 6.92 Å². The number of hydrogen-bond acceptors (Lipinski definition) is 4. The van der Waals surface area contributed by atoms with E-state index in [2.05, 4.69) is 4.72 Å². The number of hydrogen-bond donors (Lipinski definition) is 1. The molecule has 1 aliphatic rings. The highest BCUT2D eigenvalue weighted by molar-refractivity contribution is 7.92. The lowest BCUT2D eigenvalue weighted by Gasteiger charge is -2.25. The first-order chi connectivity index (χ1) is 12.8. The van der Waals surface area contributed by atoms with Crippen LogP contribution < -0.4 is 9.46 Å². The van der Waals surface area contributed by atoms with Gasteiger partial charge in [0.05, 0.1) is 25.1 Å². The summed E-state index contributed by atoms with van der Waals surface area (Å²) in [6, 6.07) is 12.9. The number of sulfonamides is 1. The van der Waals surface area contributed by atoms with Crippen LogP contribution in [0.2, 0.25) is 0 Å². The van der Waals surface area contributed by atoms with Gasteiger partial charge in [-0.05, 0) is 55.2 Å². The molecule has 1 N–H and O–H groups in total. The quantitative estimate of drug-likeness (QED) is 0.852. The molecular formula is C20H24N2O4S. The average molecular weight is 388 g/mol. The second-order valence-electron chi connectivity index (χ2n) is 6.83. The van der Waals surface area contributed by atoms with Gasteiger partial charge in [0.2, 0.25) is 10.0 Å². The van der Waals surface area contributed by atoms with E-state index in [1.165, 1.54) is 0 Å². The largest absolute Gasteiger partial charge is 0.497 e. The normalized spacial score (nSPS) is 17.0. The van der Waals surface area contributed by atoms with Crippen LogP contribution in [0.4, 0.5) is 5.69 Å². The van der Waals surface area contributed by atoms with Crippen molar-refractivity contribution in [3.8, 4) is 5.75 Å². The zero-order chi connectivity index (χ0) is 19.6. The van der Waals surface area contributed by atoms with Crippen LogP contribution in [0.1, 0.15) is 40.4 Å². The van der Waals surface area contributed by atoms with Gasteiger partial charge < -0.3 is 9.64 Å². The summed E-state index contributed by atoms with van der Waals surface area (Å²) in [5.74, 6) is 0.689. The highest BCUT2D eigenvalue weighted by Crippen LogP contribution is 2.34. The van der Waals surface area contributed by atoms with E-state index in [4.69, 9.17) is 4.74 Å². The van der Waals surface area contributed by atoms with Crippen LogP contribution in [0.5, 0.6) is 5.75 Å². The number of ether oxygens (including phenoxy) is 1. The van der Waals surface area contributed by atoms with Gasteiger partial charge in [-0.1, -0.05) is 18.2 Å². The van der Waals surface area contributed by atoms with E-state index in [1.54, 1.807) is 32.2 Å². The standard InChI is InChI=1S/C20H24N2O4S/c1-14-6-7-16(13-18(14)21-27(3,24)25)20(23)22-12-4-5-19(22)15-8-10-17(26-2)11-9-15/h6-11,13,19,21H,4-5,12H2,1-3H3. The third-order valence-electron chi connectivity index (χ3n) is 4.79. The third-order valence-corrected chi connectivity index (χ3v) is 5.38. The van der Waals surface area contributed by atoms with E-state index in [-0.39, 0.29) is 11.9 Å². The summed E-state index contributed by atoms with van der Waals surface area (Å²) in [7, 11) is -1.78. The first-order valence-corrected chi connectivity index (χ1v) is 10.7. The fraction of sp³-hybridized carbons (Fsp3) is 0.350. The van der Waals surface area contributed by atoms with Crippen molar-refractivity contribution >= 4 is 21.6 Å². The minimum atomic E-state index is -3.41. The average Bonchev–Trinajstić information content (AvgIpc) is 3.11. The Morgan fingerprint density at radius 3 is 2.52 bits per heavy atom. The van der Waals surface area contributed by atoms with Crippen molar-refractivity contribution in [3.05, 3.63) is 59.2 Å². The number of nitrogens with zero attached hydrogens (tertiary/aromatic N) is 1. The maximum Gasteiger partial charge on any atom is 0.254 e. The Morgan fingerprint density at radius 2 is 1.89 bits per heavy atom. The Bertz CT molecular complexity index is 939. The summed E-state index contributed by atoms with van der Waals surface area (Å²) < 4.78 is 30.8. The molecule has 0 bridgehead atoms. The summed E-state index contributed by atoms with van der Waals surface area (Å²) in [4.78, 5) is 15.0. The molecule has 2 aromatic carbocycles. The predicted octanol–water partition coefficient (Wildman–Crippen LogP) is 3.35. The van der Waals surface area contributed by atoms with Gasteiger partial charge in [-0.25, -0.2) is 8.42 Å². The van der Waals surface area contributed by atoms with Crippen molar-refractivity contribution in [3.63, 3.8) is 0 Å². The first kappa shape index (κ1) is 19.2. The fourth-order valence-corrected chi connectivity index (χ4v) is 4.03. The Labute approximate surface area is 160 Å². The molecule has 1 fully saturated rings. The number of aryl methyl sites for hydroxylation is 1. The lowest BCUT2D eigenvalue weighted by molar-refractivity contribution is 0.0735. The second kappa shape index (κ2) is 7.60. The Kier molecular flexibility index (Phi) is 5.41. The van der Waals surface area contributed by atoms with Crippen molar-refractivity contribution in [2.24, 2.45) is 0 Å². The van der Waals surface area contributed by atoms with Crippen LogP contribution in [0.25, 0.3) is 0 Å². The maximum atomic E-state index is 13.1. The molecule has 1 atom stereocenters. The number of nitrogens with one attached hydrogen (secondary N) is 1. The molecule has 1 unspecified atom stereocenters. The molecule has 3 rings (SSSR count). The van der Waals surface area contributed by atoms with E-state index in [0.29, 0.717) is 17.8 Å². The fourth-order valence-electron chi connectivity index (χ4n) is 3.41. The highest BCUT2D eigenvalue weighted by atomic mass is 32.2. The van der Waals surface area contributed by atoms with Crippen molar-refractivity contribution in [1.82, 2.24) is 4.90 Å². The minimum Gasteiger partial charge on any atom is -0.497 e. The molecule has 0 aromatic heterocycles. The zero-order valence-corrected chi connectivity index (χ0v) is 16.5. The number of rotatable bonds is 5. The van der Waals surface area contributed by atoms with Crippen LogP contribution in [-0.2, 0) is 10.0 Å². The SMILES string of the molecule is COc1ccc(C2CCCN2C(=O)c2ccc(C)c(NS(C)(=O)=O)c2)cc1. The number of carbonyl (C=O) groups is 1. The zero-order valence-electron chi connectivity index (χ0n) is 15.7. The van der Waals surface area contributed by atoms with Crippen LogP contribution >= 0.6 is 0 Å². The van der Waals surface area contributed by atoms with E-state index in [9.17, 15) is 13.2 Å². The molecule has 6 nitrogen and oxygen atoms in total. The molecule has 144 valence electrons. The molecule has 1 aliphatic heterocycles. The van der Waals surface area contributed by atoms with Gasteiger partial charge in [0.25, 0.3) is 5.91 Å². The van der Waals surface area contributed by atoms with E-state index in [0.717, 1.165) is 36.0 Å². The van der Waals surface area contributed by atoms with Gasteiger partial charge >= 0.3 is 0 Å². The smallest absolute Gasteiger partial charge is 0.254 e. The summed E-state index contributed by atoms with van der Waals surface area (Å²) >= 11 is 0. The van der Waals surface area contributed by atoms with E-state index in [1.807, 2.05) is 29.2 Å². The van der Waals surface area contributed by atoms with Gasteiger partial charge in [-0.3, -0.25) is 9.52 Å². The Balaban J connectivity index is 1.86. The molecule has 1 saturated heterocycles.